The Kier molecular flexibility index (Phi) is 5.88. The van der Waals surface area contributed by atoms with Crippen molar-refractivity contribution in [2.45, 2.75) is 17.1 Å². The molecule has 1 saturated heterocycles. The Hall–Kier alpha value is -2.67. The summed E-state index contributed by atoms with van der Waals surface area (Å²) in [5, 5.41) is 8.62. The van der Waals surface area contributed by atoms with E-state index in [4.69, 9.17) is 22.1 Å². The zero-order chi connectivity index (χ0) is 22.2. The van der Waals surface area contributed by atoms with Crippen LogP contribution in [0.15, 0.2) is 41.3 Å². The van der Waals surface area contributed by atoms with Gasteiger partial charge >= 0.3 is 6.18 Å². The van der Waals surface area contributed by atoms with Crippen molar-refractivity contribution in [3.63, 3.8) is 0 Å². The van der Waals surface area contributed by atoms with Crippen molar-refractivity contribution in [2.24, 2.45) is 0 Å². The summed E-state index contributed by atoms with van der Waals surface area (Å²) in [6, 6.07) is 8.14. The van der Waals surface area contributed by atoms with Crippen LogP contribution in [0.2, 0.25) is 5.02 Å². The van der Waals surface area contributed by atoms with Crippen LogP contribution in [0.5, 0.6) is 0 Å². The molecule has 2 aromatic carbocycles. The lowest BCUT2D eigenvalue weighted by molar-refractivity contribution is -0.137. The van der Waals surface area contributed by atoms with Gasteiger partial charge in [-0.3, -0.25) is 0 Å². The summed E-state index contributed by atoms with van der Waals surface area (Å²) in [5.41, 5.74) is 4.58. The summed E-state index contributed by atoms with van der Waals surface area (Å²) in [5.74, 6) is 0.0173. The van der Waals surface area contributed by atoms with Crippen LogP contribution >= 0.6 is 11.6 Å². The molecule has 1 unspecified atom stereocenters. The monoisotopic (exact) mass is 472 g/mol. The van der Waals surface area contributed by atoms with E-state index in [1.165, 1.54) is 30.3 Å². The Labute approximate surface area is 181 Å². The normalized spacial score (nSPS) is 15.5. The lowest BCUT2D eigenvalue weighted by Crippen LogP contribution is -2.46. The van der Waals surface area contributed by atoms with Gasteiger partial charge in [0.2, 0.25) is 11.9 Å². The first-order valence-electron chi connectivity index (χ1n) is 8.92. The highest BCUT2D eigenvalue weighted by atomic mass is 35.5. The van der Waals surface area contributed by atoms with Gasteiger partial charge in [0.1, 0.15) is 11.0 Å². The Morgan fingerprint density at radius 3 is 2.48 bits per heavy atom. The SMILES string of the molecule is Nc1nc(Nc2cc(Cl)c(-c3ccc(S(=O)NC4COC4)cc3)c(C(F)(F)F)c2)n[nH]1. The second kappa shape index (κ2) is 8.46. The molecule has 164 valence electrons. The number of rotatable bonds is 6. The van der Waals surface area contributed by atoms with Crippen LogP contribution in [0.4, 0.5) is 30.8 Å². The van der Waals surface area contributed by atoms with E-state index in [0.29, 0.717) is 18.1 Å². The fourth-order valence-corrected chi connectivity index (χ4v) is 4.21. The van der Waals surface area contributed by atoms with Crippen molar-refractivity contribution in [3.05, 3.63) is 47.0 Å². The molecule has 0 bridgehead atoms. The van der Waals surface area contributed by atoms with Gasteiger partial charge in [-0.1, -0.05) is 23.7 Å². The molecule has 4 rings (SSSR count). The molecule has 31 heavy (non-hydrogen) atoms. The van der Waals surface area contributed by atoms with Crippen molar-refractivity contribution < 1.29 is 22.1 Å². The molecule has 1 aliphatic heterocycles. The van der Waals surface area contributed by atoms with Crippen LogP contribution in [-0.4, -0.2) is 38.6 Å². The molecule has 0 amide bonds. The highest BCUT2D eigenvalue weighted by molar-refractivity contribution is 7.83. The largest absolute Gasteiger partial charge is 0.417 e. The van der Waals surface area contributed by atoms with Crippen molar-refractivity contribution in [3.8, 4) is 11.1 Å². The molecule has 1 aromatic heterocycles. The topological polar surface area (TPSA) is 118 Å². The third-order valence-corrected chi connectivity index (χ3v) is 5.97. The number of nitrogens with two attached hydrogens (primary N) is 1. The average Bonchev–Trinajstić information content (AvgIpc) is 3.08. The van der Waals surface area contributed by atoms with Crippen molar-refractivity contribution in [2.75, 3.05) is 24.3 Å². The smallest absolute Gasteiger partial charge is 0.378 e. The van der Waals surface area contributed by atoms with E-state index in [1.54, 1.807) is 0 Å². The maximum Gasteiger partial charge on any atom is 0.417 e. The number of H-pyrrole nitrogens is 1. The van der Waals surface area contributed by atoms with Gasteiger partial charge < -0.3 is 15.8 Å². The van der Waals surface area contributed by atoms with Gasteiger partial charge in [-0.05, 0) is 29.8 Å². The molecule has 1 aliphatic rings. The van der Waals surface area contributed by atoms with Gasteiger partial charge in [0, 0.05) is 11.3 Å². The minimum absolute atomic E-state index is 0.00522. The standard InChI is InChI=1S/C18H16ClF3N6O2S/c19-14-6-10(24-17-25-16(23)26-27-17)5-13(18(20,21)22)15(14)9-1-3-12(4-2-9)31(29)28-11-7-30-8-11/h1-6,11,28H,7-8H2,(H4,23,24,25,26,27). The molecule has 8 nitrogen and oxygen atoms in total. The molecule has 0 radical (unpaired) electrons. The van der Waals surface area contributed by atoms with Crippen molar-refractivity contribution >= 4 is 40.2 Å². The van der Waals surface area contributed by atoms with Crippen LogP contribution in [0.1, 0.15) is 5.56 Å². The fraction of sp³-hybridized carbons (Fsp3) is 0.222. The van der Waals surface area contributed by atoms with E-state index in [0.717, 1.165) is 6.07 Å². The van der Waals surface area contributed by atoms with Gasteiger partial charge in [0.05, 0.1) is 34.7 Å². The molecule has 2 heterocycles. The van der Waals surface area contributed by atoms with E-state index in [-0.39, 0.29) is 39.8 Å². The number of aromatic nitrogens is 3. The first-order chi connectivity index (χ1) is 14.7. The number of benzene rings is 2. The van der Waals surface area contributed by atoms with Crippen molar-refractivity contribution in [1.29, 1.82) is 0 Å². The predicted octanol–water partition coefficient (Wildman–Crippen LogP) is 3.48. The Morgan fingerprint density at radius 2 is 1.94 bits per heavy atom. The maximum absolute atomic E-state index is 13.8. The summed E-state index contributed by atoms with van der Waals surface area (Å²) in [4.78, 5) is 4.23. The number of hydrogen-bond donors (Lipinski definition) is 4. The molecule has 0 spiro atoms. The zero-order valence-corrected chi connectivity index (χ0v) is 17.2. The molecule has 0 aliphatic carbocycles. The number of ether oxygens (including phenoxy) is 1. The van der Waals surface area contributed by atoms with Gasteiger partial charge in [-0.2, -0.15) is 18.2 Å². The van der Waals surface area contributed by atoms with Crippen LogP contribution in [0.25, 0.3) is 11.1 Å². The summed E-state index contributed by atoms with van der Waals surface area (Å²) in [6.45, 7) is 0.935. The summed E-state index contributed by atoms with van der Waals surface area (Å²) < 4.78 is 61.7. The highest BCUT2D eigenvalue weighted by Crippen LogP contribution is 2.43. The quantitative estimate of drug-likeness (QED) is 0.436. The lowest BCUT2D eigenvalue weighted by Gasteiger charge is -2.26. The lowest BCUT2D eigenvalue weighted by atomic mass is 9.98. The Balaban J connectivity index is 1.65. The van der Waals surface area contributed by atoms with Gasteiger partial charge in [-0.25, -0.2) is 14.0 Å². The summed E-state index contributed by atoms with van der Waals surface area (Å²) in [6.07, 6.45) is -4.68. The van der Waals surface area contributed by atoms with E-state index in [1.807, 2.05) is 0 Å². The van der Waals surface area contributed by atoms with Crippen LogP contribution in [0.3, 0.4) is 0 Å². The highest BCUT2D eigenvalue weighted by Gasteiger charge is 2.35. The number of anilines is 3. The number of hydrogen-bond acceptors (Lipinski definition) is 6. The van der Waals surface area contributed by atoms with Crippen LogP contribution < -0.4 is 15.8 Å². The molecule has 13 heteroatoms. The number of nitrogens with one attached hydrogen (secondary N) is 3. The summed E-state index contributed by atoms with van der Waals surface area (Å²) >= 11 is 6.24. The van der Waals surface area contributed by atoms with E-state index in [2.05, 4.69) is 25.2 Å². The van der Waals surface area contributed by atoms with E-state index in [9.17, 15) is 17.4 Å². The van der Waals surface area contributed by atoms with Gasteiger partial charge in [0.15, 0.2) is 0 Å². The third kappa shape index (κ3) is 4.82. The minimum atomic E-state index is -4.68. The van der Waals surface area contributed by atoms with Gasteiger partial charge in [-0.15, -0.1) is 5.10 Å². The maximum atomic E-state index is 13.8. The van der Waals surface area contributed by atoms with Crippen LogP contribution in [-0.2, 0) is 21.9 Å². The van der Waals surface area contributed by atoms with E-state index >= 15 is 0 Å². The molecule has 1 fully saturated rings. The molecular weight excluding hydrogens is 457 g/mol. The zero-order valence-electron chi connectivity index (χ0n) is 15.7. The first kappa shape index (κ1) is 21.6. The Bertz CT molecular complexity index is 1120. The van der Waals surface area contributed by atoms with Crippen LogP contribution in [0, 0.1) is 0 Å². The number of nitrogens with zero attached hydrogens (tertiary/aromatic N) is 2. The summed E-state index contributed by atoms with van der Waals surface area (Å²) in [7, 11) is -1.50. The fourth-order valence-electron chi connectivity index (χ4n) is 2.92. The number of halogens is 4. The molecular formula is C18H16ClF3N6O2S. The second-order valence-corrected chi connectivity index (χ2v) is 8.34. The van der Waals surface area contributed by atoms with Crippen molar-refractivity contribution in [1.82, 2.24) is 19.9 Å². The Morgan fingerprint density at radius 1 is 1.23 bits per heavy atom. The minimum Gasteiger partial charge on any atom is -0.378 e. The number of nitrogen functional groups attached to an aromatic ring is 1. The first-order valence-corrected chi connectivity index (χ1v) is 10.5. The molecule has 1 atom stereocenters. The number of aromatic amines is 1. The third-order valence-electron chi connectivity index (χ3n) is 4.42. The predicted molar refractivity (Wildman–Crippen MR) is 110 cm³/mol. The second-order valence-electron chi connectivity index (χ2n) is 6.69. The van der Waals surface area contributed by atoms with Gasteiger partial charge in [0.25, 0.3) is 0 Å². The molecule has 3 aromatic rings. The number of alkyl halides is 3. The average molecular weight is 473 g/mol. The molecule has 0 saturated carbocycles. The van der Waals surface area contributed by atoms with E-state index < -0.39 is 22.7 Å². The molecule has 5 N–H and O–H groups in total.